The van der Waals surface area contributed by atoms with Gasteiger partial charge >= 0.3 is 0 Å². The molecular weight excluding hydrogens is 140 g/mol. The Morgan fingerprint density at radius 2 is 2.18 bits per heavy atom. The van der Waals surface area contributed by atoms with E-state index in [2.05, 4.69) is 13.0 Å². The van der Waals surface area contributed by atoms with Gasteiger partial charge in [-0.05, 0) is 19.3 Å². The highest BCUT2D eigenvalue weighted by molar-refractivity contribution is 5.49. The molecule has 1 atom stereocenters. The smallest absolute Gasteiger partial charge is 0.122 e. The van der Waals surface area contributed by atoms with Crippen LogP contribution in [0.2, 0.25) is 0 Å². The Morgan fingerprint density at radius 1 is 1.45 bits per heavy atom. The van der Waals surface area contributed by atoms with Crippen molar-refractivity contribution in [3.63, 3.8) is 0 Å². The van der Waals surface area contributed by atoms with Crippen LogP contribution >= 0.6 is 0 Å². The van der Waals surface area contributed by atoms with Crippen LogP contribution in [-0.2, 0) is 4.79 Å². The van der Waals surface area contributed by atoms with Crippen molar-refractivity contribution in [3.05, 3.63) is 12.2 Å². The summed E-state index contributed by atoms with van der Waals surface area (Å²) in [5.74, 6) is 0. The fourth-order valence-electron chi connectivity index (χ4n) is 0.802. The van der Waals surface area contributed by atoms with E-state index in [0.29, 0.717) is 6.42 Å². The molecule has 2 heteroatoms. The number of aliphatic hydroxyl groups is 1. The minimum absolute atomic E-state index is 0.264. The lowest BCUT2D eigenvalue weighted by molar-refractivity contribution is -0.109. The van der Waals surface area contributed by atoms with Crippen LogP contribution in [0.5, 0.6) is 0 Å². The second-order valence-electron chi connectivity index (χ2n) is 2.51. The third-order valence-electron chi connectivity index (χ3n) is 1.44. The molecule has 64 valence electrons. The van der Waals surface area contributed by atoms with Crippen molar-refractivity contribution in [2.24, 2.45) is 0 Å². The second-order valence-corrected chi connectivity index (χ2v) is 2.51. The first-order valence-electron chi connectivity index (χ1n) is 4.08. The first-order chi connectivity index (χ1) is 5.31. The summed E-state index contributed by atoms with van der Waals surface area (Å²) in [7, 11) is 0. The van der Waals surface area contributed by atoms with Crippen molar-refractivity contribution in [1.29, 1.82) is 0 Å². The number of hydrogen-bond acceptors (Lipinski definition) is 2. The van der Waals surface area contributed by atoms with Crippen LogP contribution in [0.15, 0.2) is 12.2 Å². The Morgan fingerprint density at radius 3 is 2.73 bits per heavy atom. The lowest BCUT2D eigenvalue weighted by Gasteiger charge is -2.02. The van der Waals surface area contributed by atoms with Crippen LogP contribution in [0.3, 0.4) is 0 Å². The molecule has 0 aromatic heterocycles. The highest BCUT2D eigenvalue weighted by atomic mass is 16.3. The van der Waals surface area contributed by atoms with Gasteiger partial charge in [0.05, 0.1) is 6.10 Å². The van der Waals surface area contributed by atoms with E-state index in [9.17, 15) is 4.79 Å². The highest BCUT2D eigenvalue weighted by Gasteiger charge is 1.99. The van der Waals surface area contributed by atoms with Crippen molar-refractivity contribution >= 4 is 6.29 Å². The summed E-state index contributed by atoms with van der Waals surface area (Å²) in [6.07, 6.45) is 7.26. The Balaban J connectivity index is 3.22. The minimum Gasteiger partial charge on any atom is -0.393 e. The highest BCUT2D eigenvalue weighted by Crippen LogP contribution is 2.00. The third kappa shape index (κ3) is 7.26. The first-order valence-corrected chi connectivity index (χ1v) is 4.08. The molecule has 0 aromatic rings. The van der Waals surface area contributed by atoms with E-state index in [1.165, 1.54) is 0 Å². The Hall–Kier alpha value is -0.630. The zero-order valence-electron chi connectivity index (χ0n) is 6.99. The number of aldehydes is 1. The van der Waals surface area contributed by atoms with Crippen LogP contribution < -0.4 is 0 Å². The van der Waals surface area contributed by atoms with E-state index in [0.717, 1.165) is 19.1 Å². The Labute approximate surface area is 67.9 Å². The van der Waals surface area contributed by atoms with Gasteiger partial charge in [-0.25, -0.2) is 0 Å². The summed E-state index contributed by atoms with van der Waals surface area (Å²) in [6.45, 7) is 2.07. The maximum atomic E-state index is 9.93. The zero-order chi connectivity index (χ0) is 8.53. The molecular formula is C9H16O2. The largest absolute Gasteiger partial charge is 0.393 e. The Kier molecular flexibility index (Phi) is 7.05. The maximum Gasteiger partial charge on any atom is 0.122 e. The maximum absolute atomic E-state index is 9.93. The van der Waals surface area contributed by atoms with E-state index in [4.69, 9.17) is 5.11 Å². The number of allylic oxidation sites excluding steroid dienone is 2. The number of aliphatic hydroxyl groups excluding tert-OH is 1. The standard InChI is InChI=1S/C9H16O2/c1-2-3-4-5-6-9(11)7-8-10/h3-4,8-9,11H,2,5-7H2,1H3. The molecule has 0 aromatic carbocycles. The van der Waals surface area contributed by atoms with E-state index >= 15 is 0 Å². The van der Waals surface area contributed by atoms with Crippen LogP contribution in [0, 0.1) is 0 Å². The molecule has 1 N–H and O–H groups in total. The van der Waals surface area contributed by atoms with Crippen molar-refractivity contribution < 1.29 is 9.90 Å². The molecule has 0 saturated carbocycles. The van der Waals surface area contributed by atoms with Gasteiger partial charge in [0.2, 0.25) is 0 Å². The van der Waals surface area contributed by atoms with Crippen molar-refractivity contribution in [3.8, 4) is 0 Å². The van der Waals surface area contributed by atoms with Crippen LogP contribution in [0.4, 0.5) is 0 Å². The quantitative estimate of drug-likeness (QED) is 0.469. The lowest BCUT2D eigenvalue weighted by Crippen LogP contribution is -2.05. The van der Waals surface area contributed by atoms with Gasteiger partial charge in [-0.2, -0.15) is 0 Å². The second kappa shape index (κ2) is 7.48. The zero-order valence-corrected chi connectivity index (χ0v) is 6.99. The van der Waals surface area contributed by atoms with Crippen LogP contribution in [0.1, 0.15) is 32.6 Å². The average Bonchev–Trinajstić information content (AvgIpc) is 1.99. The Bertz CT molecular complexity index is 119. The molecule has 0 saturated heterocycles. The average molecular weight is 156 g/mol. The van der Waals surface area contributed by atoms with Gasteiger partial charge < -0.3 is 9.90 Å². The van der Waals surface area contributed by atoms with E-state index in [-0.39, 0.29) is 6.42 Å². The summed E-state index contributed by atoms with van der Waals surface area (Å²) < 4.78 is 0. The molecule has 0 heterocycles. The van der Waals surface area contributed by atoms with Gasteiger partial charge in [0.1, 0.15) is 6.29 Å². The fraction of sp³-hybridized carbons (Fsp3) is 0.667. The SMILES string of the molecule is CCC=CCCC(O)CC=O. The van der Waals surface area contributed by atoms with E-state index in [1.54, 1.807) is 0 Å². The molecule has 0 bridgehead atoms. The molecule has 0 amide bonds. The predicted octanol–water partition coefficient (Wildman–Crippen LogP) is 1.68. The van der Waals surface area contributed by atoms with Crippen molar-refractivity contribution in [1.82, 2.24) is 0 Å². The molecule has 1 unspecified atom stereocenters. The van der Waals surface area contributed by atoms with Gasteiger partial charge in [0.15, 0.2) is 0 Å². The summed E-state index contributed by atoms with van der Waals surface area (Å²) in [6, 6.07) is 0. The molecule has 0 rings (SSSR count). The van der Waals surface area contributed by atoms with E-state index in [1.807, 2.05) is 6.08 Å². The molecule has 0 aliphatic heterocycles. The number of carbonyl (C=O) groups is 1. The number of hydrogen-bond donors (Lipinski definition) is 1. The van der Waals surface area contributed by atoms with Gasteiger partial charge in [-0.15, -0.1) is 0 Å². The summed E-state index contributed by atoms with van der Waals surface area (Å²) in [5, 5.41) is 9.08. The molecule has 2 nitrogen and oxygen atoms in total. The monoisotopic (exact) mass is 156 g/mol. The number of rotatable bonds is 6. The van der Waals surface area contributed by atoms with Gasteiger partial charge in [0, 0.05) is 6.42 Å². The predicted molar refractivity (Wildman–Crippen MR) is 45.4 cm³/mol. The summed E-state index contributed by atoms with van der Waals surface area (Å²) in [5.41, 5.74) is 0. The van der Waals surface area contributed by atoms with Gasteiger partial charge in [-0.3, -0.25) is 0 Å². The van der Waals surface area contributed by atoms with Gasteiger partial charge in [-0.1, -0.05) is 19.1 Å². The topological polar surface area (TPSA) is 37.3 Å². The molecule has 0 radical (unpaired) electrons. The first kappa shape index (κ1) is 10.4. The van der Waals surface area contributed by atoms with E-state index < -0.39 is 6.10 Å². The van der Waals surface area contributed by atoms with Crippen LogP contribution in [-0.4, -0.2) is 17.5 Å². The fourth-order valence-corrected chi connectivity index (χ4v) is 0.802. The summed E-state index contributed by atoms with van der Waals surface area (Å²) >= 11 is 0. The molecule has 0 spiro atoms. The third-order valence-corrected chi connectivity index (χ3v) is 1.44. The molecule has 0 aliphatic rings. The number of carbonyl (C=O) groups excluding carboxylic acids is 1. The normalized spacial score (nSPS) is 13.6. The molecule has 11 heavy (non-hydrogen) atoms. The lowest BCUT2D eigenvalue weighted by atomic mass is 10.1. The molecule has 0 fully saturated rings. The van der Waals surface area contributed by atoms with Gasteiger partial charge in [0.25, 0.3) is 0 Å². The minimum atomic E-state index is -0.450. The van der Waals surface area contributed by atoms with Crippen molar-refractivity contribution in [2.45, 2.75) is 38.7 Å². The molecule has 0 aliphatic carbocycles. The summed E-state index contributed by atoms with van der Waals surface area (Å²) in [4.78, 5) is 9.93. The van der Waals surface area contributed by atoms with Crippen LogP contribution in [0.25, 0.3) is 0 Å². The van der Waals surface area contributed by atoms with Crippen molar-refractivity contribution in [2.75, 3.05) is 0 Å².